The third kappa shape index (κ3) is 2.83. The van der Waals surface area contributed by atoms with Gasteiger partial charge in [0.25, 0.3) is 9.05 Å². The molecule has 2 rings (SSSR count). The van der Waals surface area contributed by atoms with Crippen molar-refractivity contribution in [2.75, 3.05) is 6.61 Å². The van der Waals surface area contributed by atoms with Gasteiger partial charge in [0.1, 0.15) is 10.6 Å². The molecule has 2 aromatic rings. The second kappa shape index (κ2) is 5.89. The molecule has 1 heterocycles. The van der Waals surface area contributed by atoms with E-state index in [2.05, 4.69) is 6.58 Å². The van der Waals surface area contributed by atoms with Crippen molar-refractivity contribution >= 4 is 30.6 Å². The Kier molecular flexibility index (Phi) is 4.40. The van der Waals surface area contributed by atoms with Crippen LogP contribution in [-0.2, 0) is 15.6 Å². The van der Waals surface area contributed by atoms with Crippen molar-refractivity contribution < 1.29 is 13.2 Å². The molecular weight excluding hydrogens is 298 g/mol. The van der Waals surface area contributed by atoms with E-state index in [0.29, 0.717) is 24.3 Å². The molecule has 0 amide bonds. The SMILES string of the molecule is C=CCn1cc(S(=O)(=O)Cl)c2c(OCCC)cccc21. The minimum absolute atomic E-state index is 0.0720. The van der Waals surface area contributed by atoms with E-state index in [9.17, 15) is 8.42 Å². The van der Waals surface area contributed by atoms with Crippen LogP contribution in [0.25, 0.3) is 10.9 Å². The molecule has 0 fully saturated rings. The first kappa shape index (κ1) is 14.9. The highest BCUT2D eigenvalue weighted by Gasteiger charge is 2.21. The van der Waals surface area contributed by atoms with Gasteiger partial charge in [-0.1, -0.05) is 19.1 Å². The van der Waals surface area contributed by atoms with Gasteiger partial charge in [-0.3, -0.25) is 0 Å². The van der Waals surface area contributed by atoms with Crippen LogP contribution in [0, 0.1) is 0 Å². The maximum absolute atomic E-state index is 11.8. The highest BCUT2D eigenvalue weighted by atomic mass is 35.7. The Morgan fingerprint density at radius 2 is 2.20 bits per heavy atom. The summed E-state index contributed by atoms with van der Waals surface area (Å²) in [6.07, 6.45) is 4.06. The minimum Gasteiger partial charge on any atom is -0.493 e. The highest BCUT2D eigenvalue weighted by molar-refractivity contribution is 8.14. The lowest BCUT2D eigenvalue weighted by atomic mass is 10.2. The Morgan fingerprint density at radius 3 is 2.80 bits per heavy atom. The zero-order valence-electron chi connectivity index (χ0n) is 11.2. The summed E-state index contributed by atoms with van der Waals surface area (Å²) in [5, 5.41) is 0.526. The standard InChI is InChI=1S/C14H16ClNO3S/c1-3-8-16-10-13(20(15,17)18)14-11(16)6-5-7-12(14)19-9-4-2/h3,5-7,10H,1,4,8-9H2,2H3. The average Bonchev–Trinajstić information content (AvgIpc) is 2.76. The molecule has 0 bridgehead atoms. The van der Waals surface area contributed by atoms with Crippen molar-refractivity contribution in [2.45, 2.75) is 24.8 Å². The van der Waals surface area contributed by atoms with E-state index < -0.39 is 9.05 Å². The first-order valence-electron chi connectivity index (χ1n) is 6.29. The summed E-state index contributed by atoms with van der Waals surface area (Å²) < 4.78 is 30.9. The number of allylic oxidation sites excluding steroid dienone is 1. The molecule has 108 valence electrons. The average molecular weight is 314 g/mol. The monoisotopic (exact) mass is 313 g/mol. The number of rotatable bonds is 6. The summed E-state index contributed by atoms with van der Waals surface area (Å²) >= 11 is 0. The van der Waals surface area contributed by atoms with Crippen molar-refractivity contribution in [1.29, 1.82) is 0 Å². The molecule has 4 nitrogen and oxygen atoms in total. The number of nitrogens with zero attached hydrogens (tertiary/aromatic N) is 1. The molecule has 1 aromatic heterocycles. The lowest BCUT2D eigenvalue weighted by Crippen LogP contribution is -1.97. The van der Waals surface area contributed by atoms with Crippen LogP contribution in [0.1, 0.15) is 13.3 Å². The quantitative estimate of drug-likeness (QED) is 0.605. The van der Waals surface area contributed by atoms with Gasteiger partial charge in [-0.05, 0) is 18.6 Å². The van der Waals surface area contributed by atoms with Gasteiger partial charge in [-0.15, -0.1) is 6.58 Å². The Morgan fingerprint density at radius 1 is 1.45 bits per heavy atom. The van der Waals surface area contributed by atoms with E-state index in [-0.39, 0.29) is 4.90 Å². The molecule has 0 unspecified atom stereocenters. The fraction of sp³-hybridized carbons (Fsp3) is 0.286. The number of halogens is 1. The van der Waals surface area contributed by atoms with Crippen LogP contribution in [0.5, 0.6) is 5.75 Å². The Balaban J connectivity index is 2.73. The molecule has 0 saturated carbocycles. The summed E-state index contributed by atoms with van der Waals surface area (Å²) in [4.78, 5) is 0.0720. The molecule has 0 aliphatic heterocycles. The zero-order valence-corrected chi connectivity index (χ0v) is 12.7. The maximum atomic E-state index is 11.8. The van der Waals surface area contributed by atoms with Crippen LogP contribution in [0.2, 0.25) is 0 Å². The van der Waals surface area contributed by atoms with Gasteiger partial charge >= 0.3 is 0 Å². The van der Waals surface area contributed by atoms with E-state index >= 15 is 0 Å². The number of hydrogen-bond donors (Lipinski definition) is 0. The van der Waals surface area contributed by atoms with Crippen molar-refractivity contribution in [1.82, 2.24) is 4.57 Å². The van der Waals surface area contributed by atoms with Crippen molar-refractivity contribution in [3.63, 3.8) is 0 Å². The molecule has 6 heteroatoms. The molecular formula is C14H16ClNO3S. The van der Waals surface area contributed by atoms with Gasteiger partial charge in [0.15, 0.2) is 0 Å². The first-order valence-corrected chi connectivity index (χ1v) is 8.60. The van der Waals surface area contributed by atoms with Crippen LogP contribution in [0.3, 0.4) is 0 Å². The fourth-order valence-corrected chi connectivity index (χ4v) is 3.14. The lowest BCUT2D eigenvalue weighted by molar-refractivity contribution is 0.321. The third-order valence-corrected chi connectivity index (χ3v) is 4.22. The summed E-state index contributed by atoms with van der Waals surface area (Å²) in [6.45, 7) is 6.68. The summed E-state index contributed by atoms with van der Waals surface area (Å²) in [7, 11) is 1.70. The van der Waals surface area contributed by atoms with Gasteiger partial charge in [-0.2, -0.15) is 0 Å². The van der Waals surface area contributed by atoms with E-state index in [4.69, 9.17) is 15.4 Å². The van der Waals surface area contributed by atoms with Gasteiger partial charge in [0.05, 0.1) is 17.5 Å². The van der Waals surface area contributed by atoms with Crippen molar-refractivity contribution in [3.8, 4) is 5.75 Å². The molecule has 0 saturated heterocycles. The normalized spacial score (nSPS) is 11.7. The number of fused-ring (bicyclic) bond motifs is 1. The maximum Gasteiger partial charge on any atom is 0.263 e. The molecule has 0 radical (unpaired) electrons. The molecule has 0 aliphatic carbocycles. The van der Waals surface area contributed by atoms with Gasteiger partial charge in [0.2, 0.25) is 0 Å². The van der Waals surface area contributed by atoms with Gasteiger partial charge in [-0.25, -0.2) is 8.42 Å². The molecule has 0 N–H and O–H groups in total. The number of benzene rings is 1. The third-order valence-electron chi connectivity index (χ3n) is 2.88. The molecule has 0 spiro atoms. The topological polar surface area (TPSA) is 48.3 Å². The van der Waals surface area contributed by atoms with Crippen LogP contribution < -0.4 is 4.74 Å². The van der Waals surface area contributed by atoms with E-state index in [1.165, 1.54) is 6.20 Å². The predicted octanol–water partition coefficient (Wildman–Crippen LogP) is 3.54. The van der Waals surface area contributed by atoms with Gasteiger partial charge in [0, 0.05) is 23.4 Å². The Bertz CT molecular complexity index is 734. The molecule has 20 heavy (non-hydrogen) atoms. The Labute approximate surface area is 123 Å². The fourth-order valence-electron chi connectivity index (χ4n) is 2.09. The van der Waals surface area contributed by atoms with Crippen LogP contribution in [0.4, 0.5) is 0 Å². The smallest absolute Gasteiger partial charge is 0.263 e. The summed E-state index contributed by atoms with van der Waals surface area (Å²) in [5.74, 6) is 0.534. The van der Waals surface area contributed by atoms with Crippen molar-refractivity contribution in [2.24, 2.45) is 0 Å². The second-order valence-corrected chi connectivity index (χ2v) is 6.91. The summed E-state index contributed by atoms with van der Waals surface area (Å²) in [5.41, 5.74) is 0.762. The summed E-state index contributed by atoms with van der Waals surface area (Å²) in [6, 6.07) is 5.42. The molecule has 0 aliphatic rings. The molecule has 1 aromatic carbocycles. The lowest BCUT2D eigenvalue weighted by Gasteiger charge is -2.07. The van der Waals surface area contributed by atoms with Crippen LogP contribution >= 0.6 is 10.7 Å². The second-order valence-electron chi connectivity index (χ2n) is 4.37. The van der Waals surface area contributed by atoms with Gasteiger partial charge < -0.3 is 9.30 Å². The Hall–Kier alpha value is -1.46. The van der Waals surface area contributed by atoms with Crippen LogP contribution in [0.15, 0.2) is 41.9 Å². The number of aromatic nitrogens is 1. The van der Waals surface area contributed by atoms with Crippen molar-refractivity contribution in [3.05, 3.63) is 37.1 Å². The van der Waals surface area contributed by atoms with E-state index in [1.54, 1.807) is 16.7 Å². The zero-order chi connectivity index (χ0) is 14.8. The predicted molar refractivity (Wildman–Crippen MR) is 81.0 cm³/mol. The molecule has 0 atom stereocenters. The number of ether oxygens (including phenoxy) is 1. The number of hydrogen-bond acceptors (Lipinski definition) is 3. The van der Waals surface area contributed by atoms with E-state index in [1.807, 2.05) is 19.1 Å². The highest BCUT2D eigenvalue weighted by Crippen LogP contribution is 2.35. The van der Waals surface area contributed by atoms with Crippen LogP contribution in [-0.4, -0.2) is 19.6 Å². The first-order chi connectivity index (χ1) is 9.49. The largest absolute Gasteiger partial charge is 0.493 e. The van der Waals surface area contributed by atoms with E-state index in [0.717, 1.165) is 11.9 Å². The minimum atomic E-state index is -3.84.